The predicted octanol–water partition coefficient (Wildman–Crippen LogP) is 4.77. The van der Waals surface area contributed by atoms with Crippen LogP contribution in [0.25, 0.3) is 0 Å². The van der Waals surface area contributed by atoms with E-state index >= 15 is 0 Å². The van der Waals surface area contributed by atoms with Crippen molar-refractivity contribution in [1.82, 2.24) is 0 Å². The second kappa shape index (κ2) is 7.67. The van der Waals surface area contributed by atoms with Crippen LogP contribution in [-0.2, 0) is 6.42 Å². The number of hydrogen-bond donors (Lipinski definition) is 3. The van der Waals surface area contributed by atoms with Crippen molar-refractivity contribution in [2.45, 2.75) is 26.3 Å². The van der Waals surface area contributed by atoms with Crippen molar-refractivity contribution in [3.63, 3.8) is 0 Å². The Morgan fingerprint density at radius 3 is 2.47 bits per heavy atom. The molecule has 0 fully saturated rings. The second-order valence-electron chi connectivity index (χ2n) is 8.42. The number of anilines is 2. The number of nitrogens with one attached hydrogen (secondary N) is 2. The molecule has 0 saturated heterocycles. The average Bonchev–Trinajstić information content (AvgIpc) is 2.73. The number of rotatable bonds is 4. The number of hydrogen-bond acceptors (Lipinski definition) is 3. The number of carbonyl (C=O) groups excluding carboxylic acids is 2. The molecule has 1 heterocycles. The zero-order valence-electron chi connectivity index (χ0n) is 17.1. The van der Waals surface area contributed by atoms with E-state index in [0.717, 1.165) is 28.9 Å². The number of benzene rings is 3. The third-order valence-electron chi connectivity index (χ3n) is 5.63. The molecule has 0 aromatic heterocycles. The second-order valence-corrected chi connectivity index (χ2v) is 8.42. The van der Waals surface area contributed by atoms with Crippen LogP contribution >= 0.6 is 0 Å². The van der Waals surface area contributed by atoms with Crippen LogP contribution in [0.1, 0.15) is 51.7 Å². The Balaban J connectivity index is 1.61. The first kappa shape index (κ1) is 19.7. The monoisotopic (exact) mass is 399 g/mol. The summed E-state index contributed by atoms with van der Waals surface area (Å²) in [5, 5.41) is 6.54. The van der Waals surface area contributed by atoms with Crippen LogP contribution in [-0.4, -0.2) is 11.8 Å². The summed E-state index contributed by atoms with van der Waals surface area (Å²) in [6, 6.07) is 22.7. The fourth-order valence-corrected chi connectivity index (χ4v) is 4.10. The van der Waals surface area contributed by atoms with Gasteiger partial charge in [-0.05, 0) is 65.4 Å². The van der Waals surface area contributed by atoms with Gasteiger partial charge in [-0.1, -0.05) is 44.2 Å². The summed E-state index contributed by atoms with van der Waals surface area (Å²) in [6.07, 6.45) is 0.793. The van der Waals surface area contributed by atoms with E-state index in [0.29, 0.717) is 11.1 Å². The Morgan fingerprint density at radius 1 is 0.967 bits per heavy atom. The molecule has 3 aromatic carbocycles. The van der Waals surface area contributed by atoms with Gasteiger partial charge >= 0.3 is 0 Å². The maximum atomic E-state index is 12.7. The van der Waals surface area contributed by atoms with Crippen LogP contribution in [0.5, 0.6) is 0 Å². The topological polar surface area (TPSA) is 84.2 Å². The molecule has 0 saturated carbocycles. The van der Waals surface area contributed by atoms with Gasteiger partial charge in [0.1, 0.15) is 0 Å². The number of primary amides is 1. The molecular weight excluding hydrogens is 374 g/mol. The van der Waals surface area contributed by atoms with E-state index in [9.17, 15) is 9.59 Å². The number of fused-ring (bicyclic) bond motifs is 1. The lowest BCUT2D eigenvalue weighted by Crippen LogP contribution is -2.35. The number of carbonyl (C=O) groups is 2. The molecule has 1 aliphatic rings. The van der Waals surface area contributed by atoms with Crippen LogP contribution < -0.4 is 16.4 Å². The zero-order chi connectivity index (χ0) is 21.3. The molecule has 0 aliphatic carbocycles. The lowest BCUT2D eigenvalue weighted by molar-refractivity contribution is 0.0997. The number of amides is 2. The first-order chi connectivity index (χ1) is 14.3. The smallest absolute Gasteiger partial charge is 0.255 e. The highest BCUT2D eigenvalue weighted by Crippen LogP contribution is 2.45. The first-order valence-electron chi connectivity index (χ1n) is 9.99. The van der Waals surface area contributed by atoms with E-state index in [1.54, 1.807) is 6.07 Å². The summed E-state index contributed by atoms with van der Waals surface area (Å²) in [4.78, 5) is 24.3. The van der Waals surface area contributed by atoms with Gasteiger partial charge < -0.3 is 16.4 Å². The maximum absolute atomic E-state index is 12.7. The van der Waals surface area contributed by atoms with Crippen molar-refractivity contribution in [2.75, 3.05) is 10.6 Å². The number of para-hydroxylation sites is 1. The molecule has 2 amide bonds. The Bertz CT molecular complexity index is 1110. The molecule has 1 atom stereocenters. The lowest BCUT2D eigenvalue weighted by atomic mass is 9.72. The van der Waals surface area contributed by atoms with Gasteiger partial charge in [-0.25, -0.2) is 0 Å². The van der Waals surface area contributed by atoms with Crippen LogP contribution in [0, 0.1) is 5.41 Å². The van der Waals surface area contributed by atoms with E-state index in [1.165, 1.54) is 0 Å². The van der Waals surface area contributed by atoms with E-state index in [4.69, 9.17) is 5.73 Å². The Hall–Kier alpha value is -3.60. The minimum absolute atomic E-state index is 0.0221. The standard InChI is InChI=1S/C25H25N3O2/c1-25(2)15-19-14-17(23(26)29)11-12-21(19)28-22(25)16-7-6-8-18(13-16)24(30)27-20-9-4-3-5-10-20/h3-14,22,28H,15H2,1-2H3,(H2,26,29)(H,27,30). The van der Waals surface area contributed by atoms with E-state index in [2.05, 4.69) is 24.5 Å². The zero-order valence-corrected chi connectivity index (χ0v) is 17.1. The predicted molar refractivity (Wildman–Crippen MR) is 120 cm³/mol. The quantitative estimate of drug-likeness (QED) is 0.591. The highest BCUT2D eigenvalue weighted by atomic mass is 16.2. The molecule has 4 N–H and O–H groups in total. The molecule has 3 aromatic rings. The molecule has 152 valence electrons. The molecule has 1 unspecified atom stereocenters. The van der Waals surface area contributed by atoms with Crippen LogP contribution in [0.2, 0.25) is 0 Å². The fraction of sp³-hybridized carbons (Fsp3) is 0.200. The molecule has 5 heteroatoms. The summed E-state index contributed by atoms with van der Waals surface area (Å²) in [6.45, 7) is 4.36. The van der Waals surface area contributed by atoms with Gasteiger partial charge in [0.15, 0.2) is 0 Å². The van der Waals surface area contributed by atoms with E-state index in [1.807, 2.05) is 66.7 Å². The van der Waals surface area contributed by atoms with E-state index in [-0.39, 0.29) is 17.4 Å². The van der Waals surface area contributed by atoms with Crippen molar-refractivity contribution < 1.29 is 9.59 Å². The minimum Gasteiger partial charge on any atom is -0.377 e. The Labute approximate surface area is 176 Å². The fourth-order valence-electron chi connectivity index (χ4n) is 4.10. The molecule has 30 heavy (non-hydrogen) atoms. The highest BCUT2D eigenvalue weighted by molar-refractivity contribution is 6.04. The van der Waals surface area contributed by atoms with Crippen molar-refractivity contribution in [3.05, 3.63) is 95.1 Å². The molecule has 0 spiro atoms. The van der Waals surface area contributed by atoms with Gasteiger partial charge in [0, 0.05) is 22.5 Å². The van der Waals surface area contributed by atoms with Crippen molar-refractivity contribution in [1.29, 1.82) is 0 Å². The van der Waals surface area contributed by atoms with Gasteiger partial charge in [0.05, 0.1) is 6.04 Å². The van der Waals surface area contributed by atoms with E-state index < -0.39 is 5.91 Å². The van der Waals surface area contributed by atoms with Crippen LogP contribution in [0.15, 0.2) is 72.8 Å². The average molecular weight is 399 g/mol. The molecule has 0 radical (unpaired) electrons. The minimum atomic E-state index is -0.421. The summed E-state index contributed by atoms with van der Waals surface area (Å²) < 4.78 is 0. The van der Waals surface area contributed by atoms with Crippen molar-refractivity contribution in [3.8, 4) is 0 Å². The summed E-state index contributed by atoms with van der Waals surface area (Å²) in [5.74, 6) is -0.557. The Kier molecular flexibility index (Phi) is 5.04. The maximum Gasteiger partial charge on any atom is 0.255 e. The third-order valence-corrected chi connectivity index (χ3v) is 5.63. The van der Waals surface area contributed by atoms with Crippen LogP contribution in [0.3, 0.4) is 0 Å². The normalized spacial score (nSPS) is 16.8. The summed E-state index contributed by atoms with van der Waals surface area (Å²) >= 11 is 0. The Morgan fingerprint density at radius 2 is 1.73 bits per heavy atom. The largest absolute Gasteiger partial charge is 0.377 e. The van der Waals surface area contributed by atoms with Crippen molar-refractivity contribution >= 4 is 23.2 Å². The van der Waals surface area contributed by atoms with Gasteiger partial charge in [0.2, 0.25) is 5.91 Å². The number of nitrogens with two attached hydrogens (primary N) is 1. The van der Waals surface area contributed by atoms with Crippen LogP contribution in [0.4, 0.5) is 11.4 Å². The first-order valence-corrected chi connectivity index (χ1v) is 9.99. The molecule has 1 aliphatic heterocycles. The SMILES string of the molecule is CC1(C)Cc2cc(C(N)=O)ccc2NC1c1cccc(C(=O)Nc2ccccc2)c1. The summed E-state index contributed by atoms with van der Waals surface area (Å²) in [7, 11) is 0. The van der Waals surface area contributed by atoms with Gasteiger partial charge in [-0.15, -0.1) is 0 Å². The molecule has 5 nitrogen and oxygen atoms in total. The van der Waals surface area contributed by atoms with Gasteiger partial charge in [-0.3, -0.25) is 9.59 Å². The van der Waals surface area contributed by atoms with Gasteiger partial charge in [0.25, 0.3) is 5.91 Å². The molecule has 0 bridgehead atoms. The molecular formula is C25H25N3O2. The highest BCUT2D eigenvalue weighted by Gasteiger charge is 2.36. The third kappa shape index (κ3) is 3.92. The lowest BCUT2D eigenvalue weighted by Gasteiger charge is -2.41. The van der Waals surface area contributed by atoms with Crippen molar-refractivity contribution in [2.24, 2.45) is 11.1 Å². The van der Waals surface area contributed by atoms with Gasteiger partial charge in [-0.2, -0.15) is 0 Å². The molecule has 4 rings (SSSR count). The summed E-state index contributed by atoms with van der Waals surface area (Å²) in [5.41, 5.74) is 10.3.